The number of piperazine rings is 1. The van der Waals surface area contributed by atoms with Gasteiger partial charge in [-0.25, -0.2) is 9.97 Å². The number of hydrogen-bond donors (Lipinski definition) is 0. The van der Waals surface area contributed by atoms with Crippen LogP contribution in [-0.2, 0) is 0 Å². The van der Waals surface area contributed by atoms with E-state index in [9.17, 15) is 4.79 Å². The molecule has 2 aliphatic rings. The molecule has 1 atom stereocenters. The Morgan fingerprint density at radius 2 is 1.91 bits per heavy atom. The number of aromatic nitrogens is 2. The highest BCUT2D eigenvalue weighted by Crippen LogP contribution is 2.21. The van der Waals surface area contributed by atoms with Crippen LogP contribution < -0.4 is 4.90 Å². The number of piperidine rings is 1. The molecule has 1 aromatic rings. The van der Waals surface area contributed by atoms with E-state index in [1.165, 1.54) is 6.42 Å². The number of amides is 1. The summed E-state index contributed by atoms with van der Waals surface area (Å²) in [6.45, 7) is 6.99. The van der Waals surface area contributed by atoms with E-state index in [-0.39, 0.29) is 5.91 Å². The van der Waals surface area contributed by atoms with Gasteiger partial charge in [-0.1, -0.05) is 6.92 Å². The van der Waals surface area contributed by atoms with E-state index in [1.807, 2.05) is 4.90 Å². The van der Waals surface area contributed by atoms with Crippen molar-refractivity contribution in [2.24, 2.45) is 0 Å². The van der Waals surface area contributed by atoms with Gasteiger partial charge in [0.1, 0.15) is 11.5 Å². The van der Waals surface area contributed by atoms with Gasteiger partial charge in [-0.3, -0.25) is 4.79 Å². The van der Waals surface area contributed by atoms with E-state index < -0.39 is 0 Å². The highest BCUT2D eigenvalue weighted by molar-refractivity contribution is 5.92. The van der Waals surface area contributed by atoms with Crippen molar-refractivity contribution in [3.8, 4) is 0 Å². The van der Waals surface area contributed by atoms with Crippen LogP contribution in [0, 0.1) is 0 Å². The summed E-state index contributed by atoms with van der Waals surface area (Å²) in [6.07, 6.45) is 7.83. The van der Waals surface area contributed by atoms with Crippen LogP contribution in [0.25, 0.3) is 0 Å². The van der Waals surface area contributed by atoms with Crippen molar-refractivity contribution in [3.63, 3.8) is 0 Å². The van der Waals surface area contributed by atoms with Gasteiger partial charge < -0.3 is 14.7 Å². The molecule has 3 heterocycles. The Hall–Kier alpha value is -1.69. The SMILES string of the molecule is CCC1CCCCN1C(=O)c1cnc(N2CCN(C)CC2)cn1. The first-order valence-corrected chi connectivity index (χ1v) is 8.75. The molecule has 1 aromatic heterocycles. The lowest BCUT2D eigenvalue weighted by Gasteiger charge is -2.35. The van der Waals surface area contributed by atoms with Crippen LogP contribution in [0.15, 0.2) is 12.4 Å². The molecule has 23 heavy (non-hydrogen) atoms. The average molecular weight is 317 g/mol. The van der Waals surface area contributed by atoms with Gasteiger partial charge in [0.15, 0.2) is 0 Å². The van der Waals surface area contributed by atoms with Gasteiger partial charge >= 0.3 is 0 Å². The summed E-state index contributed by atoms with van der Waals surface area (Å²) < 4.78 is 0. The number of carbonyl (C=O) groups is 1. The van der Waals surface area contributed by atoms with Gasteiger partial charge in [0, 0.05) is 38.8 Å². The van der Waals surface area contributed by atoms with Crippen LogP contribution in [0.3, 0.4) is 0 Å². The molecule has 3 rings (SSSR count). The fourth-order valence-corrected chi connectivity index (χ4v) is 3.47. The van der Waals surface area contributed by atoms with Gasteiger partial charge in [-0.15, -0.1) is 0 Å². The minimum Gasteiger partial charge on any atom is -0.353 e. The molecule has 6 heteroatoms. The number of hydrogen-bond acceptors (Lipinski definition) is 5. The third kappa shape index (κ3) is 3.63. The second-order valence-corrected chi connectivity index (χ2v) is 6.61. The Labute approximate surface area is 138 Å². The lowest BCUT2D eigenvalue weighted by Crippen LogP contribution is -2.45. The minimum atomic E-state index is 0.0361. The zero-order chi connectivity index (χ0) is 16.2. The second-order valence-electron chi connectivity index (χ2n) is 6.61. The highest BCUT2D eigenvalue weighted by Gasteiger charge is 2.27. The monoisotopic (exact) mass is 317 g/mol. The summed E-state index contributed by atoms with van der Waals surface area (Å²) in [5, 5.41) is 0. The zero-order valence-corrected chi connectivity index (χ0v) is 14.2. The fourth-order valence-electron chi connectivity index (χ4n) is 3.47. The molecule has 126 valence electrons. The molecule has 0 saturated carbocycles. The number of likely N-dealkylation sites (tertiary alicyclic amines) is 1. The van der Waals surface area contributed by atoms with Crippen LogP contribution in [-0.4, -0.2) is 71.5 Å². The third-order valence-corrected chi connectivity index (χ3v) is 5.04. The number of likely N-dealkylation sites (N-methyl/N-ethyl adjacent to an activating group) is 1. The standard InChI is InChI=1S/C17H27N5O/c1-3-14-6-4-5-7-22(14)17(23)15-12-19-16(13-18-15)21-10-8-20(2)9-11-21/h12-14H,3-11H2,1-2H3. The molecule has 6 nitrogen and oxygen atoms in total. The van der Waals surface area contributed by atoms with E-state index in [2.05, 4.69) is 33.7 Å². The summed E-state index contributed by atoms with van der Waals surface area (Å²) >= 11 is 0. The van der Waals surface area contributed by atoms with Crippen molar-refractivity contribution in [1.29, 1.82) is 0 Å². The summed E-state index contributed by atoms with van der Waals surface area (Å²) in [7, 11) is 2.13. The molecule has 2 saturated heterocycles. The van der Waals surface area contributed by atoms with Crippen LogP contribution in [0.5, 0.6) is 0 Å². The van der Waals surface area contributed by atoms with Crippen molar-refractivity contribution < 1.29 is 4.79 Å². The second kappa shape index (κ2) is 7.25. The topological polar surface area (TPSA) is 52.6 Å². The first kappa shape index (κ1) is 16.2. The van der Waals surface area contributed by atoms with Crippen molar-refractivity contribution in [2.75, 3.05) is 44.7 Å². The lowest BCUT2D eigenvalue weighted by molar-refractivity contribution is 0.0601. The van der Waals surface area contributed by atoms with Crippen molar-refractivity contribution in [3.05, 3.63) is 18.1 Å². The Morgan fingerprint density at radius 1 is 1.13 bits per heavy atom. The summed E-state index contributed by atoms with van der Waals surface area (Å²) in [6, 6.07) is 0.357. The number of carbonyl (C=O) groups excluding carboxylic acids is 1. The maximum Gasteiger partial charge on any atom is 0.274 e. The molecule has 0 radical (unpaired) electrons. The van der Waals surface area contributed by atoms with Crippen molar-refractivity contribution in [1.82, 2.24) is 19.8 Å². The molecule has 1 unspecified atom stereocenters. The average Bonchev–Trinajstić information content (AvgIpc) is 2.62. The Balaban J connectivity index is 1.67. The van der Waals surface area contributed by atoms with Crippen LogP contribution in [0.2, 0.25) is 0 Å². The highest BCUT2D eigenvalue weighted by atomic mass is 16.2. The Bertz CT molecular complexity index is 524. The Kier molecular flexibility index (Phi) is 5.10. The van der Waals surface area contributed by atoms with Crippen molar-refractivity contribution in [2.45, 2.75) is 38.6 Å². The molecule has 0 N–H and O–H groups in total. The summed E-state index contributed by atoms with van der Waals surface area (Å²) in [5.74, 6) is 0.911. The molecule has 2 fully saturated rings. The van der Waals surface area contributed by atoms with Crippen LogP contribution >= 0.6 is 0 Å². The molecule has 2 aliphatic heterocycles. The van der Waals surface area contributed by atoms with E-state index in [4.69, 9.17) is 0 Å². The van der Waals surface area contributed by atoms with Gasteiger partial charge in [0.2, 0.25) is 0 Å². The normalized spacial score (nSPS) is 23.1. The molecule has 0 spiro atoms. The molecular weight excluding hydrogens is 290 g/mol. The fraction of sp³-hybridized carbons (Fsp3) is 0.706. The maximum absolute atomic E-state index is 12.7. The minimum absolute atomic E-state index is 0.0361. The Morgan fingerprint density at radius 3 is 2.57 bits per heavy atom. The number of nitrogens with zero attached hydrogens (tertiary/aromatic N) is 5. The van der Waals surface area contributed by atoms with Gasteiger partial charge in [-0.05, 0) is 32.7 Å². The molecule has 0 aromatic carbocycles. The van der Waals surface area contributed by atoms with Gasteiger partial charge in [0.05, 0.1) is 12.4 Å². The maximum atomic E-state index is 12.7. The van der Waals surface area contributed by atoms with Crippen molar-refractivity contribution >= 4 is 11.7 Å². The smallest absolute Gasteiger partial charge is 0.274 e. The number of anilines is 1. The molecule has 0 aliphatic carbocycles. The van der Waals surface area contributed by atoms with Gasteiger partial charge in [0.25, 0.3) is 5.91 Å². The zero-order valence-electron chi connectivity index (χ0n) is 14.2. The van der Waals surface area contributed by atoms with Crippen LogP contribution in [0.1, 0.15) is 43.1 Å². The summed E-state index contributed by atoms with van der Waals surface area (Å²) in [4.78, 5) is 28.1. The first-order valence-electron chi connectivity index (χ1n) is 8.75. The van der Waals surface area contributed by atoms with Crippen LogP contribution in [0.4, 0.5) is 5.82 Å². The lowest BCUT2D eigenvalue weighted by atomic mass is 10.00. The predicted octanol–water partition coefficient (Wildman–Crippen LogP) is 1.63. The predicted molar refractivity (Wildman–Crippen MR) is 90.7 cm³/mol. The third-order valence-electron chi connectivity index (χ3n) is 5.04. The quantitative estimate of drug-likeness (QED) is 0.848. The largest absolute Gasteiger partial charge is 0.353 e. The first-order chi connectivity index (χ1) is 11.2. The number of rotatable bonds is 3. The van der Waals surface area contributed by atoms with E-state index in [0.717, 1.165) is 57.8 Å². The molecular formula is C17H27N5O. The van der Waals surface area contributed by atoms with Gasteiger partial charge in [-0.2, -0.15) is 0 Å². The van der Waals surface area contributed by atoms with E-state index in [1.54, 1.807) is 12.4 Å². The van der Waals surface area contributed by atoms with E-state index >= 15 is 0 Å². The van der Waals surface area contributed by atoms with E-state index in [0.29, 0.717) is 11.7 Å². The summed E-state index contributed by atoms with van der Waals surface area (Å²) in [5.41, 5.74) is 0.475. The molecule has 0 bridgehead atoms. The molecule has 1 amide bonds.